The lowest BCUT2D eigenvalue weighted by Gasteiger charge is -2.35. The number of unbranched alkanes of at least 4 members (excludes halogenated alkanes) is 1. The average Bonchev–Trinajstić information content (AvgIpc) is 2.28. The maximum Gasteiger partial charge on any atom is 0.410 e. The van der Waals surface area contributed by atoms with Gasteiger partial charge in [0.05, 0.1) is 0 Å². The van der Waals surface area contributed by atoms with Crippen molar-refractivity contribution in [1.29, 1.82) is 0 Å². The molecule has 1 rings (SSSR count). The van der Waals surface area contributed by atoms with E-state index in [2.05, 4.69) is 6.92 Å². The van der Waals surface area contributed by atoms with E-state index in [1.807, 2.05) is 25.7 Å². The normalized spacial score (nSPS) is 17.6. The van der Waals surface area contributed by atoms with Crippen molar-refractivity contribution in [3.05, 3.63) is 0 Å². The standard InChI is InChI=1S/C15H29NO2/c1-5-6-12-16(13-10-8-7-9-11-13)14(17)18-15(2,3)4/h13H,5-12H2,1-4H3. The van der Waals surface area contributed by atoms with Crippen LogP contribution in [0.4, 0.5) is 4.79 Å². The molecule has 106 valence electrons. The Labute approximate surface area is 112 Å². The van der Waals surface area contributed by atoms with Crippen LogP contribution in [0.5, 0.6) is 0 Å². The number of carbonyl (C=O) groups excluding carboxylic acids is 1. The molecule has 0 saturated heterocycles. The third kappa shape index (κ3) is 5.28. The molecule has 0 bridgehead atoms. The summed E-state index contributed by atoms with van der Waals surface area (Å²) in [4.78, 5) is 14.2. The molecule has 18 heavy (non-hydrogen) atoms. The van der Waals surface area contributed by atoms with Crippen molar-refractivity contribution in [1.82, 2.24) is 4.90 Å². The highest BCUT2D eigenvalue weighted by molar-refractivity contribution is 5.68. The Bertz CT molecular complexity index is 252. The van der Waals surface area contributed by atoms with Crippen LogP contribution in [0.25, 0.3) is 0 Å². The monoisotopic (exact) mass is 255 g/mol. The Morgan fingerprint density at radius 1 is 1.22 bits per heavy atom. The maximum absolute atomic E-state index is 12.3. The van der Waals surface area contributed by atoms with Gasteiger partial charge in [-0.05, 0) is 40.0 Å². The average molecular weight is 255 g/mol. The van der Waals surface area contributed by atoms with Crippen LogP contribution >= 0.6 is 0 Å². The Morgan fingerprint density at radius 2 is 1.83 bits per heavy atom. The molecule has 1 aliphatic rings. The van der Waals surface area contributed by atoms with Gasteiger partial charge in [-0.2, -0.15) is 0 Å². The predicted molar refractivity (Wildman–Crippen MR) is 74.7 cm³/mol. The summed E-state index contributed by atoms with van der Waals surface area (Å²) < 4.78 is 5.54. The number of hydrogen-bond donors (Lipinski definition) is 0. The summed E-state index contributed by atoms with van der Waals surface area (Å²) >= 11 is 0. The molecule has 0 N–H and O–H groups in total. The number of ether oxygens (including phenoxy) is 1. The first-order valence-corrected chi connectivity index (χ1v) is 7.43. The predicted octanol–water partition coefficient (Wildman–Crippen LogP) is 4.36. The zero-order valence-corrected chi connectivity index (χ0v) is 12.5. The fourth-order valence-electron chi connectivity index (χ4n) is 2.46. The van der Waals surface area contributed by atoms with Gasteiger partial charge < -0.3 is 9.64 Å². The Morgan fingerprint density at radius 3 is 2.33 bits per heavy atom. The van der Waals surface area contributed by atoms with Crippen LogP contribution in [0.15, 0.2) is 0 Å². The Kier molecular flexibility index (Phi) is 5.97. The first-order chi connectivity index (χ1) is 8.44. The summed E-state index contributed by atoms with van der Waals surface area (Å²) in [5.41, 5.74) is -0.393. The van der Waals surface area contributed by atoms with Crippen LogP contribution in [-0.2, 0) is 4.74 Å². The third-order valence-corrected chi connectivity index (χ3v) is 3.40. The van der Waals surface area contributed by atoms with Gasteiger partial charge >= 0.3 is 6.09 Å². The smallest absolute Gasteiger partial charge is 0.410 e. The number of nitrogens with zero attached hydrogens (tertiary/aromatic N) is 1. The van der Waals surface area contributed by atoms with E-state index in [1.54, 1.807) is 0 Å². The number of hydrogen-bond acceptors (Lipinski definition) is 2. The lowest BCUT2D eigenvalue weighted by atomic mass is 9.94. The van der Waals surface area contributed by atoms with Gasteiger partial charge in [0.1, 0.15) is 5.60 Å². The molecule has 0 radical (unpaired) electrons. The maximum atomic E-state index is 12.3. The molecule has 0 aromatic rings. The first kappa shape index (κ1) is 15.3. The van der Waals surface area contributed by atoms with Gasteiger partial charge in [0.15, 0.2) is 0 Å². The molecule has 1 saturated carbocycles. The number of amides is 1. The summed E-state index contributed by atoms with van der Waals surface area (Å²) in [7, 11) is 0. The van der Waals surface area contributed by atoms with E-state index in [0.717, 1.165) is 32.2 Å². The lowest BCUT2D eigenvalue weighted by Crippen LogP contribution is -2.44. The van der Waals surface area contributed by atoms with Gasteiger partial charge in [-0.1, -0.05) is 32.6 Å². The lowest BCUT2D eigenvalue weighted by molar-refractivity contribution is 0.0118. The summed E-state index contributed by atoms with van der Waals surface area (Å²) in [5.74, 6) is 0. The summed E-state index contributed by atoms with van der Waals surface area (Å²) in [6.07, 6.45) is 8.15. The molecular formula is C15H29NO2. The molecule has 3 nitrogen and oxygen atoms in total. The SMILES string of the molecule is CCCCN(C(=O)OC(C)(C)C)C1CCCCC1. The van der Waals surface area contributed by atoms with E-state index in [4.69, 9.17) is 4.74 Å². The molecule has 0 unspecified atom stereocenters. The van der Waals surface area contributed by atoms with E-state index in [1.165, 1.54) is 19.3 Å². The van der Waals surface area contributed by atoms with E-state index in [-0.39, 0.29) is 6.09 Å². The Balaban J connectivity index is 2.60. The van der Waals surface area contributed by atoms with E-state index in [0.29, 0.717) is 6.04 Å². The molecule has 0 spiro atoms. The van der Waals surface area contributed by atoms with Gasteiger partial charge in [-0.25, -0.2) is 4.79 Å². The minimum Gasteiger partial charge on any atom is -0.444 e. The topological polar surface area (TPSA) is 29.5 Å². The minimum atomic E-state index is -0.393. The zero-order valence-electron chi connectivity index (χ0n) is 12.5. The van der Waals surface area contributed by atoms with Crippen molar-refractivity contribution in [3.8, 4) is 0 Å². The van der Waals surface area contributed by atoms with Gasteiger partial charge in [-0.3, -0.25) is 0 Å². The highest BCUT2D eigenvalue weighted by Gasteiger charge is 2.28. The van der Waals surface area contributed by atoms with Crippen molar-refractivity contribution in [3.63, 3.8) is 0 Å². The largest absolute Gasteiger partial charge is 0.444 e. The molecule has 1 aliphatic carbocycles. The van der Waals surface area contributed by atoms with Gasteiger partial charge in [0.2, 0.25) is 0 Å². The van der Waals surface area contributed by atoms with Crippen LogP contribution in [0.2, 0.25) is 0 Å². The fraction of sp³-hybridized carbons (Fsp3) is 0.933. The molecule has 0 atom stereocenters. The van der Waals surface area contributed by atoms with Gasteiger partial charge in [0, 0.05) is 12.6 Å². The molecule has 0 aromatic heterocycles. The minimum absolute atomic E-state index is 0.122. The van der Waals surface area contributed by atoms with Crippen LogP contribution < -0.4 is 0 Å². The van der Waals surface area contributed by atoms with E-state index in [9.17, 15) is 4.79 Å². The van der Waals surface area contributed by atoms with Crippen LogP contribution in [0, 0.1) is 0 Å². The van der Waals surface area contributed by atoms with Crippen LogP contribution in [0.1, 0.15) is 72.6 Å². The van der Waals surface area contributed by atoms with Gasteiger partial charge in [0.25, 0.3) is 0 Å². The second-order valence-electron chi connectivity index (χ2n) is 6.32. The van der Waals surface area contributed by atoms with E-state index >= 15 is 0 Å². The molecular weight excluding hydrogens is 226 g/mol. The van der Waals surface area contributed by atoms with Crippen LogP contribution in [-0.4, -0.2) is 29.2 Å². The third-order valence-electron chi connectivity index (χ3n) is 3.40. The first-order valence-electron chi connectivity index (χ1n) is 7.43. The Hall–Kier alpha value is -0.730. The van der Waals surface area contributed by atoms with Crippen molar-refractivity contribution < 1.29 is 9.53 Å². The molecule has 0 aromatic carbocycles. The van der Waals surface area contributed by atoms with Crippen molar-refractivity contribution in [2.45, 2.75) is 84.3 Å². The molecule has 3 heteroatoms. The van der Waals surface area contributed by atoms with Crippen molar-refractivity contribution in [2.24, 2.45) is 0 Å². The summed E-state index contributed by atoms with van der Waals surface area (Å²) in [5, 5.41) is 0. The highest BCUT2D eigenvalue weighted by atomic mass is 16.6. The number of rotatable bonds is 4. The van der Waals surface area contributed by atoms with Crippen molar-refractivity contribution in [2.75, 3.05) is 6.54 Å². The second kappa shape index (κ2) is 7.01. The zero-order chi connectivity index (χ0) is 13.6. The molecule has 1 amide bonds. The number of carbonyl (C=O) groups is 1. The van der Waals surface area contributed by atoms with Crippen LogP contribution in [0.3, 0.4) is 0 Å². The fourth-order valence-corrected chi connectivity index (χ4v) is 2.46. The molecule has 0 aliphatic heterocycles. The quantitative estimate of drug-likeness (QED) is 0.747. The summed E-state index contributed by atoms with van der Waals surface area (Å²) in [6, 6.07) is 0.403. The summed E-state index contributed by atoms with van der Waals surface area (Å²) in [6.45, 7) is 8.81. The van der Waals surface area contributed by atoms with Gasteiger partial charge in [-0.15, -0.1) is 0 Å². The molecule has 1 fully saturated rings. The van der Waals surface area contributed by atoms with Crippen molar-refractivity contribution >= 4 is 6.09 Å². The van der Waals surface area contributed by atoms with E-state index < -0.39 is 5.60 Å². The highest BCUT2D eigenvalue weighted by Crippen LogP contribution is 2.24. The second-order valence-corrected chi connectivity index (χ2v) is 6.32. The molecule has 0 heterocycles.